The number of esters is 1. The number of ether oxygens (including phenoxy) is 1. The molecule has 2 heteroatoms. The normalized spacial score (nSPS) is 11.8. The molecule has 1 rings (SSSR count). The van der Waals surface area contributed by atoms with Gasteiger partial charge in [-0.3, -0.25) is 4.79 Å². The molecule has 0 spiro atoms. The number of aryl methyl sites for hydroxylation is 2. The van der Waals surface area contributed by atoms with Crippen LogP contribution in [0.1, 0.15) is 57.6 Å². The molecule has 0 fully saturated rings. The van der Waals surface area contributed by atoms with Crippen molar-refractivity contribution in [2.45, 2.75) is 59.8 Å². The van der Waals surface area contributed by atoms with E-state index in [0.717, 1.165) is 18.4 Å². The average molecular weight is 302 g/mol. The molecule has 0 bridgehead atoms. The molecule has 0 saturated heterocycles. The van der Waals surface area contributed by atoms with E-state index in [-0.39, 0.29) is 5.97 Å². The SMILES string of the molecule is C/C(=C\CCCCc1ccc(C)cc1)COC(=O)CC(C)C. The van der Waals surface area contributed by atoms with Crippen LogP contribution in [0.3, 0.4) is 0 Å². The van der Waals surface area contributed by atoms with Crippen LogP contribution in [0.5, 0.6) is 0 Å². The van der Waals surface area contributed by atoms with E-state index in [1.807, 2.05) is 20.8 Å². The van der Waals surface area contributed by atoms with E-state index < -0.39 is 0 Å². The predicted molar refractivity (Wildman–Crippen MR) is 92.9 cm³/mol. The van der Waals surface area contributed by atoms with Gasteiger partial charge in [0.1, 0.15) is 6.61 Å². The van der Waals surface area contributed by atoms with E-state index in [1.54, 1.807) is 0 Å². The summed E-state index contributed by atoms with van der Waals surface area (Å²) in [6.45, 7) is 8.63. The van der Waals surface area contributed by atoms with Gasteiger partial charge in [0.25, 0.3) is 0 Å². The number of benzene rings is 1. The molecule has 0 amide bonds. The minimum Gasteiger partial charge on any atom is -0.461 e. The van der Waals surface area contributed by atoms with Crippen LogP contribution in [-0.4, -0.2) is 12.6 Å². The Morgan fingerprint density at radius 3 is 2.50 bits per heavy atom. The number of unbranched alkanes of at least 4 members (excludes halogenated alkanes) is 2. The number of hydrogen-bond donors (Lipinski definition) is 0. The van der Waals surface area contributed by atoms with Crippen molar-refractivity contribution in [3.8, 4) is 0 Å². The standard InChI is InChI=1S/C20H30O2/c1-16(2)14-20(21)22-15-18(4)8-6-5-7-9-19-12-10-17(3)11-13-19/h8,10-13,16H,5-7,9,14-15H2,1-4H3/b18-8+. The molecule has 2 nitrogen and oxygen atoms in total. The van der Waals surface area contributed by atoms with Crippen LogP contribution in [0.15, 0.2) is 35.9 Å². The molecule has 1 aromatic rings. The van der Waals surface area contributed by atoms with Gasteiger partial charge in [0.2, 0.25) is 0 Å². The van der Waals surface area contributed by atoms with Crippen LogP contribution < -0.4 is 0 Å². The molecule has 0 atom stereocenters. The van der Waals surface area contributed by atoms with Gasteiger partial charge in [0, 0.05) is 6.42 Å². The second-order valence-electron chi connectivity index (χ2n) is 6.54. The Balaban J connectivity index is 2.14. The van der Waals surface area contributed by atoms with E-state index in [0.29, 0.717) is 18.9 Å². The van der Waals surface area contributed by atoms with Crippen LogP contribution in [0.25, 0.3) is 0 Å². The van der Waals surface area contributed by atoms with Crippen molar-refractivity contribution in [1.29, 1.82) is 0 Å². The number of carbonyl (C=O) groups excluding carboxylic acids is 1. The van der Waals surface area contributed by atoms with Crippen molar-refractivity contribution < 1.29 is 9.53 Å². The average Bonchev–Trinajstić information content (AvgIpc) is 2.46. The number of carbonyl (C=O) groups is 1. The van der Waals surface area contributed by atoms with E-state index in [9.17, 15) is 4.79 Å². The quantitative estimate of drug-likeness (QED) is 0.354. The molecule has 0 aliphatic rings. The molecule has 0 aromatic heterocycles. The Hall–Kier alpha value is -1.57. The molecule has 1 aromatic carbocycles. The molecule has 0 saturated carbocycles. The van der Waals surface area contributed by atoms with Gasteiger partial charge in [-0.05, 0) is 56.6 Å². The summed E-state index contributed by atoms with van der Waals surface area (Å²) in [6.07, 6.45) is 7.25. The first-order valence-electron chi connectivity index (χ1n) is 8.34. The number of rotatable bonds is 9. The van der Waals surface area contributed by atoms with Crippen molar-refractivity contribution in [3.63, 3.8) is 0 Å². The molecule has 0 aliphatic heterocycles. The van der Waals surface area contributed by atoms with E-state index in [4.69, 9.17) is 4.74 Å². The van der Waals surface area contributed by atoms with Crippen molar-refractivity contribution in [3.05, 3.63) is 47.0 Å². The van der Waals surface area contributed by atoms with Gasteiger partial charge in [-0.2, -0.15) is 0 Å². The van der Waals surface area contributed by atoms with Gasteiger partial charge in [-0.25, -0.2) is 0 Å². The van der Waals surface area contributed by atoms with E-state index in [2.05, 4.69) is 37.3 Å². The van der Waals surface area contributed by atoms with Gasteiger partial charge in [-0.15, -0.1) is 0 Å². The van der Waals surface area contributed by atoms with E-state index >= 15 is 0 Å². The maximum atomic E-state index is 11.5. The molecule has 0 heterocycles. The summed E-state index contributed by atoms with van der Waals surface area (Å²) in [4.78, 5) is 11.5. The number of hydrogen-bond acceptors (Lipinski definition) is 2. The minimum atomic E-state index is -0.0953. The van der Waals surface area contributed by atoms with E-state index in [1.165, 1.54) is 24.0 Å². The van der Waals surface area contributed by atoms with Gasteiger partial charge >= 0.3 is 5.97 Å². The second kappa shape index (κ2) is 10.2. The summed E-state index contributed by atoms with van der Waals surface area (Å²) < 4.78 is 5.24. The zero-order chi connectivity index (χ0) is 16.4. The van der Waals surface area contributed by atoms with Crippen LogP contribution in [0.2, 0.25) is 0 Å². The fourth-order valence-corrected chi connectivity index (χ4v) is 2.22. The maximum Gasteiger partial charge on any atom is 0.306 e. The zero-order valence-corrected chi connectivity index (χ0v) is 14.5. The molecule has 0 radical (unpaired) electrons. The summed E-state index contributed by atoms with van der Waals surface area (Å²) in [5, 5.41) is 0. The van der Waals surface area contributed by atoms with Gasteiger partial charge in [0.15, 0.2) is 0 Å². The van der Waals surface area contributed by atoms with Crippen molar-refractivity contribution in [2.75, 3.05) is 6.61 Å². The largest absolute Gasteiger partial charge is 0.461 e. The molecule has 0 aliphatic carbocycles. The first-order chi connectivity index (χ1) is 10.5. The lowest BCUT2D eigenvalue weighted by Gasteiger charge is -2.07. The second-order valence-corrected chi connectivity index (χ2v) is 6.54. The third-order valence-electron chi connectivity index (χ3n) is 3.57. The summed E-state index contributed by atoms with van der Waals surface area (Å²) in [6, 6.07) is 8.77. The first kappa shape index (κ1) is 18.5. The van der Waals surface area contributed by atoms with Crippen molar-refractivity contribution in [2.24, 2.45) is 5.92 Å². The zero-order valence-electron chi connectivity index (χ0n) is 14.5. The fourth-order valence-electron chi connectivity index (χ4n) is 2.22. The summed E-state index contributed by atoms with van der Waals surface area (Å²) in [7, 11) is 0. The maximum absolute atomic E-state index is 11.5. The summed E-state index contributed by atoms with van der Waals surface area (Å²) >= 11 is 0. The van der Waals surface area contributed by atoms with Crippen molar-refractivity contribution >= 4 is 5.97 Å². The smallest absolute Gasteiger partial charge is 0.306 e. The van der Waals surface area contributed by atoms with Crippen molar-refractivity contribution in [1.82, 2.24) is 0 Å². The molecule has 122 valence electrons. The van der Waals surface area contributed by atoms with Crippen LogP contribution >= 0.6 is 0 Å². The highest BCUT2D eigenvalue weighted by Crippen LogP contribution is 2.10. The molecule has 0 N–H and O–H groups in total. The molecular formula is C20H30O2. The predicted octanol–water partition coefficient (Wildman–Crippen LogP) is 5.24. The van der Waals surface area contributed by atoms with Crippen LogP contribution in [0, 0.1) is 12.8 Å². The molecule has 22 heavy (non-hydrogen) atoms. The lowest BCUT2D eigenvalue weighted by Crippen LogP contribution is -2.09. The van der Waals surface area contributed by atoms with Gasteiger partial charge in [0.05, 0.1) is 0 Å². The monoisotopic (exact) mass is 302 g/mol. The highest BCUT2D eigenvalue weighted by molar-refractivity contribution is 5.69. The highest BCUT2D eigenvalue weighted by Gasteiger charge is 2.05. The van der Waals surface area contributed by atoms with Gasteiger partial charge < -0.3 is 4.74 Å². The topological polar surface area (TPSA) is 26.3 Å². The van der Waals surface area contributed by atoms with Crippen LogP contribution in [0.4, 0.5) is 0 Å². The summed E-state index contributed by atoms with van der Waals surface area (Å²) in [5.74, 6) is 0.265. The van der Waals surface area contributed by atoms with Crippen LogP contribution in [-0.2, 0) is 16.0 Å². The highest BCUT2D eigenvalue weighted by atomic mass is 16.5. The molecular weight excluding hydrogens is 272 g/mol. The Bertz CT molecular complexity index is 469. The Kier molecular flexibility index (Phi) is 8.57. The summed E-state index contributed by atoms with van der Waals surface area (Å²) in [5.41, 5.74) is 3.87. The Morgan fingerprint density at radius 2 is 1.86 bits per heavy atom. The number of allylic oxidation sites excluding steroid dienone is 1. The Labute approximate surface area is 135 Å². The fraction of sp³-hybridized carbons (Fsp3) is 0.550. The Morgan fingerprint density at radius 1 is 1.18 bits per heavy atom. The lowest BCUT2D eigenvalue weighted by molar-refractivity contribution is -0.143. The third kappa shape index (κ3) is 8.66. The molecule has 0 unspecified atom stereocenters. The lowest BCUT2D eigenvalue weighted by atomic mass is 10.1. The minimum absolute atomic E-state index is 0.0953. The van der Waals surface area contributed by atoms with Gasteiger partial charge in [-0.1, -0.05) is 49.8 Å². The third-order valence-corrected chi connectivity index (χ3v) is 3.57. The first-order valence-corrected chi connectivity index (χ1v) is 8.34.